The van der Waals surface area contributed by atoms with Gasteiger partial charge in [0.25, 0.3) is 0 Å². The van der Waals surface area contributed by atoms with Crippen LogP contribution in [0.3, 0.4) is 0 Å². The number of nitrogens with zero attached hydrogens (tertiary/aromatic N) is 1. The van der Waals surface area contributed by atoms with E-state index in [1.165, 1.54) is 32.5 Å². The van der Waals surface area contributed by atoms with Crippen molar-refractivity contribution in [3.63, 3.8) is 0 Å². The minimum Gasteiger partial charge on any atom is -0.395 e. The van der Waals surface area contributed by atoms with E-state index in [2.05, 4.69) is 31.0 Å². The van der Waals surface area contributed by atoms with Crippen molar-refractivity contribution in [1.29, 1.82) is 0 Å². The average Bonchev–Trinajstić information content (AvgIpc) is 2.28. The molecule has 0 aromatic rings. The van der Waals surface area contributed by atoms with E-state index in [9.17, 15) is 5.11 Å². The van der Waals surface area contributed by atoms with Gasteiger partial charge < -0.3 is 15.3 Å². The van der Waals surface area contributed by atoms with Gasteiger partial charge in [-0.05, 0) is 44.8 Å². The predicted octanol–water partition coefficient (Wildman–Crippen LogP) is 1.47. The lowest BCUT2D eigenvalue weighted by atomic mass is 10.00. The smallest absolute Gasteiger partial charge is 0.0584 e. The van der Waals surface area contributed by atoms with E-state index in [4.69, 9.17) is 0 Å². The van der Waals surface area contributed by atoms with Gasteiger partial charge in [0.1, 0.15) is 0 Å². The first-order valence-corrected chi connectivity index (χ1v) is 6.75. The minimum atomic E-state index is 0.270. The van der Waals surface area contributed by atoms with Crippen molar-refractivity contribution in [1.82, 2.24) is 10.2 Å². The third-order valence-electron chi connectivity index (χ3n) is 3.48. The molecule has 3 nitrogen and oxygen atoms in total. The second-order valence-electron chi connectivity index (χ2n) is 5.38. The molecule has 0 amide bonds. The molecule has 1 atom stereocenters. The monoisotopic (exact) mass is 228 g/mol. The van der Waals surface area contributed by atoms with Gasteiger partial charge in [0, 0.05) is 12.1 Å². The quantitative estimate of drug-likeness (QED) is 0.722. The number of hydrogen-bond acceptors (Lipinski definition) is 3. The zero-order valence-electron chi connectivity index (χ0n) is 11.1. The molecule has 3 heteroatoms. The summed E-state index contributed by atoms with van der Waals surface area (Å²) in [6, 6.07) is 0.900. The van der Waals surface area contributed by atoms with Crippen LogP contribution in [0.4, 0.5) is 0 Å². The summed E-state index contributed by atoms with van der Waals surface area (Å²) < 4.78 is 0. The molecule has 0 radical (unpaired) electrons. The summed E-state index contributed by atoms with van der Waals surface area (Å²) in [5.41, 5.74) is 0. The Kier molecular flexibility index (Phi) is 6.32. The lowest BCUT2D eigenvalue weighted by molar-refractivity contribution is 0.167. The van der Waals surface area contributed by atoms with Crippen molar-refractivity contribution in [2.24, 2.45) is 5.92 Å². The highest BCUT2D eigenvalue weighted by atomic mass is 16.3. The van der Waals surface area contributed by atoms with Crippen LogP contribution in [0.15, 0.2) is 0 Å². The lowest BCUT2D eigenvalue weighted by Gasteiger charge is -2.34. The Hall–Kier alpha value is -0.120. The Balaban J connectivity index is 2.25. The topological polar surface area (TPSA) is 35.5 Å². The Morgan fingerprint density at radius 2 is 1.94 bits per heavy atom. The zero-order chi connectivity index (χ0) is 12.0. The maximum absolute atomic E-state index is 9.33. The van der Waals surface area contributed by atoms with E-state index in [1.54, 1.807) is 0 Å². The summed E-state index contributed by atoms with van der Waals surface area (Å²) in [6.07, 6.45) is 3.52. The highest BCUT2D eigenvalue weighted by molar-refractivity contribution is 4.80. The fraction of sp³-hybridized carbons (Fsp3) is 1.00. The predicted molar refractivity (Wildman–Crippen MR) is 68.6 cm³/mol. The second-order valence-corrected chi connectivity index (χ2v) is 5.38. The Morgan fingerprint density at radius 1 is 1.31 bits per heavy atom. The van der Waals surface area contributed by atoms with E-state index < -0.39 is 0 Å². The maximum atomic E-state index is 9.33. The fourth-order valence-electron chi connectivity index (χ4n) is 2.51. The molecule has 1 aliphatic rings. The van der Waals surface area contributed by atoms with E-state index in [0.717, 1.165) is 6.42 Å². The third-order valence-corrected chi connectivity index (χ3v) is 3.48. The van der Waals surface area contributed by atoms with E-state index in [1.807, 2.05) is 0 Å². The molecule has 16 heavy (non-hydrogen) atoms. The van der Waals surface area contributed by atoms with E-state index in [0.29, 0.717) is 12.0 Å². The van der Waals surface area contributed by atoms with Crippen LogP contribution in [-0.2, 0) is 0 Å². The number of hydrogen-bond donors (Lipinski definition) is 2. The number of nitrogens with one attached hydrogen (secondary N) is 1. The van der Waals surface area contributed by atoms with Crippen molar-refractivity contribution in [2.75, 3.05) is 26.2 Å². The molecule has 0 aromatic carbocycles. The standard InChI is InChI=1S/C13H28N2O/c1-4-15-7-5-12(6-8-15)14-13(10-16)9-11(2)3/h11-14,16H,4-10H2,1-3H3. The number of aliphatic hydroxyl groups excluding tert-OH is 1. The van der Waals surface area contributed by atoms with Crippen molar-refractivity contribution in [3.8, 4) is 0 Å². The SMILES string of the molecule is CCN1CCC(NC(CO)CC(C)C)CC1. The molecule has 96 valence electrons. The molecule has 0 aliphatic carbocycles. The molecule has 1 saturated heterocycles. The summed E-state index contributed by atoms with van der Waals surface area (Å²) in [5.74, 6) is 0.653. The van der Waals surface area contributed by atoms with Gasteiger partial charge in [-0.25, -0.2) is 0 Å². The maximum Gasteiger partial charge on any atom is 0.0584 e. The zero-order valence-corrected chi connectivity index (χ0v) is 11.1. The first-order valence-electron chi connectivity index (χ1n) is 6.75. The number of rotatable bonds is 6. The number of likely N-dealkylation sites (tertiary alicyclic amines) is 1. The van der Waals surface area contributed by atoms with Crippen molar-refractivity contribution >= 4 is 0 Å². The Morgan fingerprint density at radius 3 is 2.38 bits per heavy atom. The van der Waals surface area contributed by atoms with Crippen LogP contribution in [0.5, 0.6) is 0 Å². The van der Waals surface area contributed by atoms with Gasteiger partial charge in [0.2, 0.25) is 0 Å². The molecule has 1 rings (SSSR count). The van der Waals surface area contributed by atoms with E-state index >= 15 is 0 Å². The first kappa shape index (κ1) is 13.9. The molecule has 1 fully saturated rings. The summed E-state index contributed by atoms with van der Waals surface area (Å²) >= 11 is 0. The van der Waals surface area contributed by atoms with Gasteiger partial charge in [-0.3, -0.25) is 0 Å². The Labute approximate surface area is 100 Å². The summed E-state index contributed by atoms with van der Waals surface area (Å²) in [7, 11) is 0. The van der Waals surface area contributed by atoms with E-state index in [-0.39, 0.29) is 12.6 Å². The van der Waals surface area contributed by atoms with Crippen LogP contribution in [0.25, 0.3) is 0 Å². The highest BCUT2D eigenvalue weighted by Gasteiger charge is 2.20. The van der Waals surface area contributed by atoms with Gasteiger partial charge >= 0.3 is 0 Å². The highest BCUT2D eigenvalue weighted by Crippen LogP contribution is 2.12. The lowest BCUT2D eigenvalue weighted by Crippen LogP contribution is -2.47. The minimum absolute atomic E-state index is 0.270. The number of aliphatic hydroxyl groups is 1. The van der Waals surface area contributed by atoms with Crippen molar-refractivity contribution in [3.05, 3.63) is 0 Å². The van der Waals surface area contributed by atoms with Gasteiger partial charge in [0.05, 0.1) is 6.61 Å². The van der Waals surface area contributed by atoms with Crippen molar-refractivity contribution < 1.29 is 5.11 Å². The third kappa shape index (κ3) is 4.81. The van der Waals surface area contributed by atoms with Crippen LogP contribution in [0, 0.1) is 5.92 Å². The molecule has 0 bridgehead atoms. The fourth-order valence-corrected chi connectivity index (χ4v) is 2.51. The summed E-state index contributed by atoms with van der Waals surface area (Å²) in [6.45, 7) is 10.5. The van der Waals surface area contributed by atoms with Gasteiger partial charge in [0.15, 0.2) is 0 Å². The molecule has 0 saturated carbocycles. The molecule has 0 spiro atoms. The Bertz CT molecular complexity index is 177. The van der Waals surface area contributed by atoms with Crippen LogP contribution in [0.1, 0.15) is 40.0 Å². The number of piperidine rings is 1. The molecule has 2 N–H and O–H groups in total. The largest absolute Gasteiger partial charge is 0.395 e. The van der Waals surface area contributed by atoms with Crippen LogP contribution < -0.4 is 5.32 Å². The van der Waals surface area contributed by atoms with Gasteiger partial charge in [-0.1, -0.05) is 20.8 Å². The summed E-state index contributed by atoms with van der Waals surface area (Å²) in [5, 5.41) is 12.9. The molecule has 1 unspecified atom stereocenters. The van der Waals surface area contributed by atoms with Crippen molar-refractivity contribution in [2.45, 2.75) is 52.1 Å². The summed E-state index contributed by atoms with van der Waals surface area (Å²) in [4.78, 5) is 2.49. The molecular formula is C13H28N2O. The van der Waals surface area contributed by atoms with Gasteiger partial charge in [-0.15, -0.1) is 0 Å². The molecule has 1 aliphatic heterocycles. The molecule has 0 aromatic heterocycles. The second kappa shape index (κ2) is 7.25. The molecular weight excluding hydrogens is 200 g/mol. The average molecular weight is 228 g/mol. The molecule has 1 heterocycles. The van der Waals surface area contributed by atoms with Crippen LogP contribution >= 0.6 is 0 Å². The van der Waals surface area contributed by atoms with Gasteiger partial charge in [-0.2, -0.15) is 0 Å². The van der Waals surface area contributed by atoms with Crippen LogP contribution in [0.2, 0.25) is 0 Å². The normalized spacial score (nSPS) is 21.6. The first-order chi connectivity index (χ1) is 7.65. The van der Waals surface area contributed by atoms with Crippen LogP contribution in [-0.4, -0.2) is 48.3 Å².